The lowest BCUT2D eigenvalue weighted by Gasteiger charge is -2.21. The van der Waals surface area contributed by atoms with Crippen molar-refractivity contribution in [3.63, 3.8) is 0 Å². The molecule has 0 rings (SSSR count). The maximum atomic E-state index is 11.4. The topological polar surface area (TPSA) is 29.5 Å². The Morgan fingerprint density at radius 3 is 1.29 bits per heavy atom. The number of ether oxygens (including phenoxy) is 1. The molecule has 106 valence electrons. The molecule has 0 aliphatic rings. The van der Waals surface area contributed by atoms with Crippen molar-refractivity contribution in [2.45, 2.75) is 38.1 Å². The van der Waals surface area contributed by atoms with Crippen LogP contribution >= 0.6 is 0 Å². The van der Waals surface area contributed by atoms with E-state index in [0.717, 1.165) is 0 Å². The molecular formula is C7H13F7O2Si. The molecule has 0 aromatic heterocycles. The van der Waals surface area contributed by atoms with Gasteiger partial charge in [-0.2, -0.15) is 26.3 Å². The van der Waals surface area contributed by atoms with Crippen molar-refractivity contribution in [3.05, 3.63) is 0 Å². The first-order valence-electron chi connectivity index (χ1n) is 4.23. The van der Waals surface area contributed by atoms with Gasteiger partial charge in [0.15, 0.2) is 15.2 Å². The third-order valence-electron chi connectivity index (χ3n) is 0.824. The van der Waals surface area contributed by atoms with E-state index in [9.17, 15) is 30.7 Å². The molecule has 0 aliphatic carbocycles. The quantitative estimate of drug-likeness (QED) is 0.625. The second-order valence-corrected chi connectivity index (χ2v) is 8.25. The average Bonchev–Trinajstić information content (AvgIpc) is 1.91. The summed E-state index contributed by atoms with van der Waals surface area (Å²) in [7, 11) is -1.61. The number of halogens is 7. The van der Waals surface area contributed by atoms with Gasteiger partial charge in [-0.25, -0.2) is 4.39 Å². The third-order valence-corrected chi connectivity index (χ3v) is 0.824. The van der Waals surface area contributed by atoms with E-state index >= 15 is 0 Å². The predicted molar refractivity (Wildman–Crippen MR) is 48.5 cm³/mol. The first-order valence-corrected chi connectivity index (χ1v) is 7.67. The fraction of sp³-hybridized carbons (Fsp3) is 1.00. The fourth-order valence-corrected chi connectivity index (χ4v) is 0.438. The highest BCUT2D eigenvalue weighted by molar-refractivity contribution is 6.68. The van der Waals surface area contributed by atoms with E-state index in [4.69, 9.17) is 4.80 Å². The molecule has 10 heteroatoms. The van der Waals surface area contributed by atoms with Crippen LogP contribution in [0.15, 0.2) is 0 Å². The normalized spacial score (nSPS) is 13.4. The van der Waals surface area contributed by atoms with E-state index in [1.807, 2.05) is 19.6 Å². The molecule has 0 aliphatic heterocycles. The summed E-state index contributed by atoms with van der Waals surface area (Å²) in [6, 6.07) is 0. The van der Waals surface area contributed by atoms with Crippen molar-refractivity contribution < 1.29 is 40.3 Å². The Labute approximate surface area is 94.5 Å². The second kappa shape index (κ2) is 6.54. The molecule has 0 saturated heterocycles. The number of rotatable bonds is 2. The molecule has 17 heavy (non-hydrogen) atoms. The fourth-order valence-electron chi connectivity index (χ4n) is 0.438. The Bertz CT molecular complexity index is 188. The third kappa shape index (κ3) is 13.6. The Morgan fingerprint density at radius 2 is 1.24 bits per heavy atom. The molecule has 0 radical (unpaired) electrons. The molecule has 0 aromatic carbocycles. The molecule has 0 saturated carbocycles. The van der Waals surface area contributed by atoms with Crippen molar-refractivity contribution >= 4 is 8.32 Å². The van der Waals surface area contributed by atoms with Gasteiger partial charge in [-0.15, -0.1) is 0 Å². The van der Waals surface area contributed by atoms with E-state index in [0.29, 0.717) is 0 Å². The minimum absolute atomic E-state index is 1.61. The SMILES string of the molecule is C[Si](C)(C)O.FCOC(C(F)(F)F)C(F)(F)F. The van der Waals surface area contributed by atoms with Gasteiger partial charge in [-0.05, 0) is 19.6 Å². The lowest BCUT2D eigenvalue weighted by atomic mass is 10.3. The van der Waals surface area contributed by atoms with Gasteiger partial charge in [0.25, 0.3) is 6.10 Å². The smallest absolute Gasteiger partial charge is 0.423 e. The first-order chi connectivity index (χ1) is 7.19. The Balaban J connectivity index is 0. The van der Waals surface area contributed by atoms with Crippen LogP contribution in [0, 0.1) is 0 Å². The summed E-state index contributed by atoms with van der Waals surface area (Å²) in [5.74, 6) is 0. The van der Waals surface area contributed by atoms with Crippen LogP contribution in [0.1, 0.15) is 0 Å². The summed E-state index contributed by atoms with van der Waals surface area (Å²) in [5.41, 5.74) is 0. The number of alkyl halides is 7. The lowest BCUT2D eigenvalue weighted by Crippen LogP contribution is -2.44. The molecule has 2 nitrogen and oxygen atoms in total. The van der Waals surface area contributed by atoms with Crippen LogP contribution in [0.5, 0.6) is 0 Å². The zero-order valence-corrected chi connectivity index (χ0v) is 10.3. The first kappa shape index (κ1) is 19.0. The number of hydrogen-bond donors (Lipinski definition) is 1. The van der Waals surface area contributed by atoms with Crippen molar-refractivity contribution in [2.24, 2.45) is 0 Å². The molecule has 0 heterocycles. The van der Waals surface area contributed by atoms with Crippen LogP contribution in [-0.2, 0) is 4.74 Å². The van der Waals surface area contributed by atoms with E-state index in [1.54, 1.807) is 0 Å². The molecule has 0 bridgehead atoms. The molecule has 0 atom stereocenters. The van der Waals surface area contributed by atoms with E-state index in [2.05, 4.69) is 4.74 Å². The van der Waals surface area contributed by atoms with Crippen LogP contribution in [0.25, 0.3) is 0 Å². The molecule has 0 spiro atoms. The van der Waals surface area contributed by atoms with Gasteiger partial charge < -0.3 is 9.53 Å². The summed E-state index contributed by atoms with van der Waals surface area (Å²) in [5, 5.41) is 0. The zero-order chi connectivity index (χ0) is 14.5. The highest BCUT2D eigenvalue weighted by atomic mass is 28.4. The van der Waals surface area contributed by atoms with Gasteiger partial charge in [0.1, 0.15) is 0 Å². The Kier molecular flexibility index (Phi) is 7.31. The Morgan fingerprint density at radius 1 is 1.00 bits per heavy atom. The molecule has 1 N–H and O–H groups in total. The molecule has 0 fully saturated rings. The predicted octanol–water partition coefficient (Wildman–Crippen LogP) is 3.24. The van der Waals surface area contributed by atoms with E-state index in [-0.39, 0.29) is 0 Å². The van der Waals surface area contributed by atoms with Crippen molar-refractivity contribution in [1.82, 2.24) is 0 Å². The molecule has 0 unspecified atom stereocenters. The van der Waals surface area contributed by atoms with Crippen LogP contribution < -0.4 is 0 Å². The average molecular weight is 290 g/mol. The van der Waals surface area contributed by atoms with Crippen molar-refractivity contribution in [1.29, 1.82) is 0 Å². The monoisotopic (exact) mass is 290 g/mol. The second-order valence-electron chi connectivity index (χ2n) is 3.91. The molecule has 0 amide bonds. The lowest BCUT2D eigenvalue weighted by molar-refractivity contribution is -0.327. The van der Waals surface area contributed by atoms with Crippen molar-refractivity contribution in [3.8, 4) is 0 Å². The minimum Gasteiger partial charge on any atom is -0.433 e. The Hall–Kier alpha value is -0.353. The summed E-state index contributed by atoms with van der Waals surface area (Å²) in [4.78, 5) is 8.66. The van der Waals surface area contributed by atoms with E-state index in [1.165, 1.54) is 0 Å². The largest absolute Gasteiger partial charge is 0.433 e. The maximum absolute atomic E-state index is 11.4. The number of hydrogen-bond acceptors (Lipinski definition) is 2. The van der Waals surface area contributed by atoms with Gasteiger partial charge >= 0.3 is 12.4 Å². The standard InChI is InChI=1S/C4H3F7O.C3H10OSi/c5-1-12-2(3(6,7)8)4(9,10)11;1-5(2,3)4/h2H,1H2;4H,1-3H3. The van der Waals surface area contributed by atoms with Crippen LogP contribution in [0.4, 0.5) is 30.7 Å². The minimum atomic E-state index is -5.63. The van der Waals surface area contributed by atoms with Gasteiger partial charge in [-0.3, -0.25) is 0 Å². The van der Waals surface area contributed by atoms with Crippen LogP contribution in [0.2, 0.25) is 19.6 Å². The molecular weight excluding hydrogens is 277 g/mol. The summed E-state index contributed by atoms with van der Waals surface area (Å²) >= 11 is 0. The highest BCUT2D eigenvalue weighted by Crippen LogP contribution is 2.35. The van der Waals surface area contributed by atoms with Gasteiger partial charge in [0, 0.05) is 0 Å². The van der Waals surface area contributed by atoms with Gasteiger partial charge in [0.2, 0.25) is 0 Å². The summed E-state index contributed by atoms with van der Waals surface area (Å²) < 4.78 is 82.3. The highest BCUT2D eigenvalue weighted by Gasteiger charge is 2.58. The van der Waals surface area contributed by atoms with Crippen molar-refractivity contribution in [2.75, 3.05) is 6.86 Å². The van der Waals surface area contributed by atoms with Crippen LogP contribution in [-0.4, -0.2) is 38.4 Å². The van der Waals surface area contributed by atoms with E-state index < -0.39 is 33.6 Å². The summed E-state index contributed by atoms with van der Waals surface area (Å²) in [6.07, 6.45) is -15.3. The zero-order valence-electron chi connectivity index (χ0n) is 9.29. The van der Waals surface area contributed by atoms with Gasteiger partial charge in [0.05, 0.1) is 0 Å². The van der Waals surface area contributed by atoms with Crippen LogP contribution in [0.3, 0.4) is 0 Å². The molecule has 0 aromatic rings. The summed E-state index contributed by atoms with van der Waals surface area (Å²) in [6.45, 7) is 3.51. The van der Waals surface area contributed by atoms with Gasteiger partial charge in [-0.1, -0.05) is 0 Å². The maximum Gasteiger partial charge on any atom is 0.423 e.